The Morgan fingerprint density at radius 3 is 2.25 bits per heavy atom. The van der Waals surface area contributed by atoms with Crippen molar-refractivity contribution in [3.05, 3.63) is 23.4 Å². The van der Waals surface area contributed by atoms with E-state index in [-0.39, 0.29) is 10.8 Å². The number of hydrogen-bond acceptors (Lipinski definition) is 2. The van der Waals surface area contributed by atoms with E-state index in [4.69, 9.17) is 0 Å². The number of aliphatic hydroxyl groups is 1. The van der Waals surface area contributed by atoms with Crippen LogP contribution in [0.3, 0.4) is 0 Å². The molecule has 0 aromatic rings. The average Bonchev–Trinajstić information content (AvgIpc) is 2.07. The molecule has 90 valence electrons. The summed E-state index contributed by atoms with van der Waals surface area (Å²) in [6, 6.07) is 0. The molecule has 16 heavy (non-hydrogen) atoms. The van der Waals surface area contributed by atoms with Crippen LogP contribution in [0, 0.1) is 0 Å². The van der Waals surface area contributed by atoms with Crippen LogP contribution < -0.4 is 0 Å². The third kappa shape index (κ3) is 2.35. The molecule has 0 spiro atoms. The zero-order valence-corrected chi connectivity index (χ0v) is 12.1. The number of ketones is 1. The largest absolute Gasteiger partial charge is 0.382 e. The first-order chi connectivity index (χ1) is 6.97. The molecule has 1 aliphatic carbocycles. The van der Waals surface area contributed by atoms with E-state index in [9.17, 15) is 9.90 Å². The summed E-state index contributed by atoms with van der Waals surface area (Å²) in [6.07, 6.45) is 4.81. The highest BCUT2D eigenvalue weighted by Gasteiger charge is 2.42. The Labute approximate surface area is 99.1 Å². The Bertz CT molecular complexity index is 368. The lowest BCUT2D eigenvalue weighted by atomic mass is 10.00. The first-order valence-corrected chi connectivity index (χ1v) is 8.67. The lowest BCUT2D eigenvalue weighted by Gasteiger charge is -2.40. The van der Waals surface area contributed by atoms with Crippen molar-refractivity contribution in [2.45, 2.75) is 51.4 Å². The molecule has 1 rings (SSSR count). The van der Waals surface area contributed by atoms with Gasteiger partial charge in [0.15, 0.2) is 5.78 Å². The van der Waals surface area contributed by atoms with Crippen LogP contribution in [0.1, 0.15) is 27.7 Å². The third-order valence-electron chi connectivity index (χ3n) is 3.82. The maximum Gasteiger partial charge on any atom is 0.177 e. The minimum absolute atomic E-state index is 0.0677. The monoisotopic (exact) mass is 238 g/mol. The number of carbonyl (C=O) groups excluding carboxylic acids is 1. The van der Waals surface area contributed by atoms with E-state index in [1.807, 2.05) is 0 Å². The van der Waals surface area contributed by atoms with Crippen molar-refractivity contribution >= 4 is 13.9 Å². The van der Waals surface area contributed by atoms with Crippen LogP contribution in [0.25, 0.3) is 0 Å². The fourth-order valence-electron chi connectivity index (χ4n) is 1.64. The number of allylic oxidation sites excluding steroid dienone is 2. The zero-order valence-electron chi connectivity index (χ0n) is 11.1. The molecular weight excluding hydrogens is 216 g/mol. The van der Waals surface area contributed by atoms with Gasteiger partial charge in [0.25, 0.3) is 0 Å². The van der Waals surface area contributed by atoms with Crippen LogP contribution in [-0.2, 0) is 4.79 Å². The molecule has 1 unspecified atom stereocenters. The van der Waals surface area contributed by atoms with Crippen LogP contribution in [-0.4, -0.2) is 24.6 Å². The average molecular weight is 238 g/mol. The van der Waals surface area contributed by atoms with Gasteiger partial charge in [0.05, 0.1) is 13.7 Å². The van der Waals surface area contributed by atoms with E-state index < -0.39 is 13.7 Å². The predicted octanol–water partition coefficient (Wildman–Crippen LogP) is 2.85. The molecule has 0 amide bonds. The Balaban J connectivity index is 3.23. The van der Waals surface area contributed by atoms with Crippen LogP contribution in [0.2, 0.25) is 18.1 Å². The Hall–Kier alpha value is -0.673. The SMILES string of the molecule is CC1(O)C=CC(=O)C([Si](C)(C)C(C)(C)C)=C1. The molecule has 0 saturated heterocycles. The number of hydrogen-bond donors (Lipinski definition) is 1. The highest BCUT2D eigenvalue weighted by atomic mass is 28.3. The molecule has 0 aliphatic heterocycles. The van der Waals surface area contributed by atoms with Crippen molar-refractivity contribution in [2.24, 2.45) is 0 Å². The van der Waals surface area contributed by atoms with E-state index in [1.54, 1.807) is 19.1 Å². The maximum absolute atomic E-state index is 11.9. The highest BCUT2D eigenvalue weighted by Crippen LogP contribution is 2.42. The van der Waals surface area contributed by atoms with E-state index in [0.717, 1.165) is 5.20 Å². The minimum atomic E-state index is -1.86. The second-order valence-electron chi connectivity index (χ2n) is 6.36. The quantitative estimate of drug-likeness (QED) is 0.713. The molecule has 0 aromatic heterocycles. The minimum Gasteiger partial charge on any atom is -0.382 e. The molecular formula is C13H22O2Si. The van der Waals surface area contributed by atoms with Gasteiger partial charge in [0.2, 0.25) is 0 Å². The summed E-state index contributed by atoms with van der Waals surface area (Å²) in [6.45, 7) is 12.6. The fourth-order valence-corrected chi connectivity index (χ4v) is 3.80. The van der Waals surface area contributed by atoms with Gasteiger partial charge in [-0.05, 0) is 35.4 Å². The first kappa shape index (κ1) is 13.4. The third-order valence-corrected chi connectivity index (χ3v) is 9.31. The summed E-state index contributed by atoms with van der Waals surface area (Å²) < 4.78 is 0. The molecule has 1 atom stereocenters. The summed E-state index contributed by atoms with van der Waals surface area (Å²) in [5.41, 5.74) is -0.973. The standard InChI is InChI=1S/C13H22O2Si/c1-12(2,3)16(5,6)11-9-13(4,15)8-7-10(11)14/h7-9,15H,1-6H3. The first-order valence-electron chi connectivity index (χ1n) is 5.67. The molecule has 0 fully saturated rings. The normalized spacial score (nSPS) is 26.9. The van der Waals surface area contributed by atoms with Crippen molar-refractivity contribution in [2.75, 3.05) is 0 Å². The van der Waals surface area contributed by atoms with Gasteiger partial charge in [-0.3, -0.25) is 4.79 Å². The van der Waals surface area contributed by atoms with Crippen molar-refractivity contribution in [3.8, 4) is 0 Å². The van der Waals surface area contributed by atoms with Gasteiger partial charge in [0, 0.05) is 0 Å². The smallest absolute Gasteiger partial charge is 0.177 e. The molecule has 0 heterocycles. The zero-order chi connectivity index (χ0) is 12.8. The summed E-state index contributed by atoms with van der Waals surface area (Å²) in [5, 5.41) is 10.9. The summed E-state index contributed by atoms with van der Waals surface area (Å²) in [7, 11) is -1.86. The van der Waals surface area contributed by atoms with Crippen molar-refractivity contribution in [3.63, 3.8) is 0 Å². The van der Waals surface area contributed by atoms with Gasteiger partial charge in [-0.1, -0.05) is 33.9 Å². The van der Waals surface area contributed by atoms with E-state index >= 15 is 0 Å². The fraction of sp³-hybridized carbons (Fsp3) is 0.615. The van der Waals surface area contributed by atoms with E-state index in [2.05, 4.69) is 33.9 Å². The second-order valence-corrected chi connectivity index (χ2v) is 11.6. The van der Waals surface area contributed by atoms with Gasteiger partial charge in [0.1, 0.15) is 0 Å². The molecule has 0 aromatic carbocycles. The van der Waals surface area contributed by atoms with Crippen molar-refractivity contribution < 1.29 is 9.90 Å². The lowest BCUT2D eigenvalue weighted by Crippen LogP contribution is -2.44. The summed E-state index contributed by atoms with van der Waals surface area (Å²) in [4.78, 5) is 11.9. The van der Waals surface area contributed by atoms with Crippen molar-refractivity contribution in [1.82, 2.24) is 0 Å². The second kappa shape index (κ2) is 3.67. The predicted molar refractivity (Wildman–Crippen MR) is 70.1 cm³/mol. The van der Waals surface area contributed by atoms with Crippen molar-refractivity contribution in [1.29, 1.82) is 0 Å². The Morgan fingerprint density at radius 2 is 1.81 bits per heavy atom. The molecule has 0 bridgehead atoms. The molecule has 2 nitrogen and oxygen atoms in total. The van der Waals surface area contributed by atoms with Crippen LogP contribution in [0.15, 0.2) is 23.4 Å². The highest BCUT2D eigenvalue weighted by molar-refractivity contribution is 6.91. The van der Waals surface area contributed by atoms with Gasteiger partial charge in [-0.25, -0.2) is 0 Å². The Morgan fingerprint density at radius 1 is 1.31 bits per heavy atom. The lowest BCUT2D eigenvalue weighted by molar-refractivity contribution is -0.111. The Kier molecular flexibility index (Phi) is 3.07. The number of rotatable bonds is 1. The maximum atomic E-state index is 11.9. The molecule has 1 aliphatic rings. The van der Waals surface area contributed by atoms with Crippen LogP contribution >= 0.6 is 0 Å². The topological polar surface area (TPSA) is 37.3 Å². The molecule has 3 heteroatoms. The summed E-state index contributed by atoms with van der Waals surface area (Å²) in [5.74, 6) is 0.0677. The van der Waals surface area contributed by atoms with E-state index in [0.29, 0.717) is 0 Å². The van der Waals surface area contributed by atoms with Gasteiger partial charge >= 0.3 is 0 Å². The van der Waals surface area contributed by atoms with Crippen LogP contribution in [0.4, 0.5) is 0 Å². The molecule has 0 saturated carbocycles. The molecule has 0 radical (unpaired) electrons. The molecule has 1 N–H and O–H groups in total. The van der Waals surface area contributed by atoms with Crippen LogP contribution in [0.5, 0.6) is 0 Å². The van der Waals surface area contributed by atoms with Gasteiger partial charge in [-0.2, -0.15) is 0 Å². The summed E-state index contributed by atoms with van der Waals surface area (Å²) >= 11 is 0. The van der Waals surface area contributed by atoms with Gasteiger partial charge in [-0.15, -0.1) is 0 Å². The van der Waals surface area contributed by atoms with E-state index in [1.165, 1.54) is 6.08 Å². The number of carbonyl (C=O) groups is 1. The van der Waals surface area contributed by atoms with Gasteiger partial charge < -0.3 is 5.11 Å².